The lowest BCUT2D eigenvalue weighted by molar-refractivity contribution is -0.145. The lowest BCUT2D eigenvalue weighted by Crippen LogP contribution is -2.38. The van der Waals surface area contributed by atoms with Crippen molar-refractivity contribution in [2.45, 2.75) is 103 Å². The van der Waals surface area contributed by atoms with Gasteiger partial charge in [0.1, 0.15) is 6.10 Å². The molecule has 0 amide bonds. The molecule has 0 bridgehead atoms. The van der Waals surface area contributed by atoms with Gasteiger partial charge in [0, 0.05) is 14.5 Å². The molecule has 0 aliphatic carbocycles. The topological polar surface area (TPSA) is 72.5 Å². The van der Waals surface area contributed by atoms with E-state index in [2.05, 4.69) is 26.9 Å². The van der Waals surface area contributed by atoms with Crippen molar-refractivity contribution in [3.8, 4) is 0 Å². The normalized spacial score (nSPS) is 28.2. The summed E-state index contributed by atoms with van der Waals surface area (Å²) < 4.78 is 34.6. The number of carbonyl (C=O) groups excluding carboxylic acids is 1. The van der Waals surface area contributed by atoms with Gasteiger partial charge in [0.15, 0.2) is 5.78 Å². The summed E-state index contributed by atoms with van der Waals surface area (Å²) in [6, 6.07) is 1.25. The number of carbonyl (C=O) groups is 1. The Balaban J connectivity index is 2.53. The molecule has 1 rings (SSSR count). The van der Waals surface area contributed by atoms with Crippen molar-refractivity contribution in [2.75, 3.05) is 52.9 Å². The van der Waals surface area contributed by atoms with E-state index in [0.717, 1.165) is 18.4 Å². The minimum absolute atomic E-state index is 0.0161. The highest BCUT2D eigenvalue weighted by molar-refractivity contribution is 6.78. The van der Waals surface area contributed by atoms with Crippen LogP contribution in [-0.4, -0.2) is 91.1 Å². The van der Waals surface area contributed by atoms with Crippen molar-refractivity contribution in [1.29, 1.82) is 0 Å². The molecule has 1 aliphatic heterocycles. The molecule has 33 heavy (non-hydrogen) atoms. The van der Waals surface area contributed by atoms with Crippen LogP contribution in [0.25, 0.3) is 0 Å². The van der Waals surface area contributed by atoms with Crippen molar-refractivity contribution < 1.29 is 33.2 Å². The van der Waals surface area contributed by atoms with Gasteiger partial charge in [-0.15, -0.1) is 0 Å². The van der Waals surface area contributed by atoms with Crippen LogP contribution in [0.4, 0.5) is 0 Å². The summed E-state index contributed by atoms with van der Waals surface area (Å²) in [5, 5.41) is 0. The molecular weight excluding hydrogens is 440 g/mol. The van der Waals surface area contributed by atoms with Crippen LogP contribution >= 0.6 is 0 Å². The molecular formula is C25H50O7Si. The van der Waals surface area contributed by atoms with Crippen LogP contribution in [0.2, 0.25) is 24.7 Å². The van der Waals surface area contributed by atoms with Gasteiger partial charge in [0.25, 0.3) is 0 Å². The Morgan fingerprint density at radius 1 is 0.727 bits per heavy atom. The maximum atomic E-state index is 13.0. The highest BCUT2D eigenvalue weighted by Gasteiger charge is 2.27. The zero-order valence-electron chi connectivity index (χ0n) is 22.2. The third kappa shape index (κ3) is 13.3. The summed E-state index contributed by atoms with van der Waals surface area (Å²) in [6.45, 7) is 19.0. The van der Waals surface area contributed by atoms with Gasteiger partial charge in [-0.1, -0.05) is 44.9 Å². The molecule has 1 saturated heterocycles. The summed E-state index contributed by atoms with van der Waals surface area (Å²) in [7, 11) is -1.19. The first-order chi connectivity index (χ1) is 15.6. The molecule has 0 spiro atoms. The molecule has 4 atom stereocenters. The number of rotatable bonds is 7. The highest BCUT2D eigenvalue weighted by atomic mass is 28.3. The average Bonchev–Trinajstić information content (AvgIpc) is 2.76. The van der Waals surface area contributed by atoms with Gasteiger partial charge in [-0.2, -0.15) is 0 Å². The molecule has 0 radical (unpaired) electrons. The van der Waals surface area contributed by atoms with E-state index >= 15 is 0 Å². The Bertz CT molecular complexity index is 515. The second kappa shape index (κ2) is 17.1. The molecule has 7 nitrogen and oxygen atoms in total. The lowest BCUT2D eigenvalue weighted by atomic mass is 10.1. The molecule has 1 heterocycles. The smallest absolute Gasteiger partial charge is 0.164 e. The first-order valence-electron chi connectivity index (χ1n) is 12.8. The van der Waals surface area contributed by atoms with Gasteiger partial charge in [0.05, 0.1) is 71.2 Å². The monoisotopic (exact) mass is 490 g/mol. The van der Waals surface area contributed by atoms with E-state index in [-0.39, 0.29) is 24.1 Å². The van der Waals surface area contributed by atoms with E-state index in [1.54, 1.807) is 0 Å². The predicted molar refractivity (Wildman–Crippen MR) is 134 cm³/mol. The van der Waals surface area contributed by atoms with Gasteiger partial charge in [-0.25, -0.2) is 0 Å². The summed E-state index contributed by atoms with van der Waals surface area (Å²) >= 11 is 0. The largest absolute Gasteiger partial charge is 0.377 e. The van der Waals surface area contributed by atoms with Gasteiger partial charge in [-0.05, 0) is 27.2 Å². The second-order valence-corrected chi connectivity index (χ2v) is 15.7. The van der Waals surface area contributed by atoms with E-state index in [9.17, 15) is 4.79 Å². The van der Waals surface area contributed by atoms with E-state index in [0.29, 0.717) is 59.3 Å². The van der Waals surface area contributed by atoms with Gasteiger partial charge < -0.3 is 28.4 Å². The Hall–Kier alpha value is -0.353. The fourth-order valence-electron chi connectivity index (χ4n) is 3.48. The van der Waals surface area contributed by atoms with E-state index < -0.39 is 14.2 Å². The number of hydrogen-bond donors (Lipinski definition) is 0. The van der Waals surface area contributed by atoms with Crippen molar-refractivity contribution in [3.05, 3.63) is 0 Å². The Kier molecular flexibility index (Phi) is 15.9. The Labute approximate surface area is 203 Å². The zero-order chi connectivity index (χ0) is 24.7. The molecule has 0 N–H and O–H groups in total. The van der Waals surface area contributed by atoms with E-state index in [4.69, 9.17) is 28.4 Å². The number of ketones is 1. The number of unbranched alkanes of at least 4 members (excludes halogenated alkanes) is 1. The molecule has 0 aromatic rings. The van der Waals surface area contributed by atoms with Crippen LogP contribution in [0.15, 0.2) is 0 Å². The maximum Gasteiger partial charge on any atom is 0.164 e. The van der Waals surface area contributed by atoms with Crippen molar-refractivity contribution in [3.63, 3.8) is 0 Å². The van der Waals surface area contributed by atoms with Gasteiger partial charge in [-0.3, -0.25) is 4.79 Å². The summed E-state index contributed by atoms with van der Waals surface area (Å²) in [5.74, 6) is 0.112. The van der Waals surface area contributed by atoms with Crippen LogP contribution in [0.3, 0.4) is 0 Å². The van der Waals surface area contributed by atoms with E-state index in [1.807, 2.05) is 20.8 Å². The van der Waals surface area contributed by atoms with Gasteiger partial charge >= 0.3 is 0 Å². The van der Waals surface area contributed by atoms with E-state index in [1.165, 1.54) is 6.04 Å². The fraction of sp³-hybridized carbons (Fsp3) is 0.960. The Morgan fingerprint density at radius 3 is 1.67 bits per heavy atom. The Morgan fingerprint density at radius 2 is 1.18 bits per heavy atom. The maximum absolute atomic E-state index is 13.0. The molecule has 0 aromatic carbocycles. The average molecular weight is 491 g/mol. The molecule has 0 saturated carbocycles. The molecule has 1 fully saturated rings. The standard InChI is InChI=1S/C25H50O7Si/c1-20(2)33(6,7)19-9-8-10-24(26)25-23(5)31-17-13-27-11-15-29-21(3)22(4)30-16-12-28-14-18-32-25/h20-23,25H,8-19H2,1-7H3. The summed E-state index contributed by atoms with van der Waals surface area (Å²) in [6.07, 6.45) is 1.58. The second-order valence-electron chi connectivity index (χ2n) is 10.1. The molecule has 0 aromatic heterocycles. The molecule has 4 unspecified atom stereocenters. The quantitative estimate of drug-likeness (QED) is 0.384. The SMILES string of the molecule is CC1OCCOCCOC(C)C(C(=O)CCCC[Si](C)(C)C(C)C)OCCOCCOC1C. The fourth-order valence-corrected chi connectivity index (χ4v) is 5.21. The van der Waals surface area contributed by atoms with Crippen molar-refractivity contribution in [1.82, 2.24) is 0 Å². The molecule has 196 valence electrons. The van der Waals surface area contributed by atoms with Crippen molar-refractivity contribution >= 4 is 13.9 Å². The van der Waals surface area contributed by atoms with Gasteiger partial charge in [0.2, 0.25) is 0 Å². The predicted octanol–water partition coefficient (Wildman–Crippen LogP) is 4.49. The number of ether oxygens (including phenoxy) is 6. The van der Waals surface area contributed by atoms with Crippen LogP contribution in [0.5, 0.6) is 0 Å². The van der Waals surface area contributed by atoms with Crippen LogP contribution in [0.1, 0.15) is 53.9 Å². The summed E-state index contributed by atoms with van der Waals surface area (Å²) in [5.41, 5.74) is 0.762. The van der Waals surface area contributed by atoms with Crippen molar-refractivity contribution in [2.24, 2.45) is 0 Å². The first-order valence-corrected chi connectivity index (χ1v) is 16.1. The number of hydrogen-bond acceptors (Lipinski definition) is 7. The lowest BCUT2D eigenvalue weighted by Gasteiger charge is -2.27. The third-order valence-electron chi connectivity index (χ3n) is 6.81. The first kappa shape index (κ1) is 30.7. The van der Waals surface area contributed by atoms with Crippen LogP contribution in [-0.2, 0) is 33.2 Å². The van der Waals surface area contributed by atoms with Crippen LogP contribution in [0, 0.1) is 0 Å². The van der Waals surface area contributed by atoms with Crippen LogP contribution < -0.4 is 0 Å². The zero-order valence-corrected chi connectivity index (χ0v) is 23.2. The highest BCUT2D eigenvalue weighted by Crippen LogP contribution is 2.27. The molecule has 1 aliphatic rings. The summed E-state index contributed by atoms with van der Waals surface area (Å²) in [4.78, 5) is 13.0. The minimum atomic E-state index is -1.19. The molecule has 8 heteroatoms. The minimum Gasteiger partial charge on any atom is -0.377 e. The number of Topliss-reactive ketones (excluding diaryl/α,β-unsaturated/α-hetero) is 1. The third-order valence-corrected chi connectivity index (χ3v) is 11.6.